The molecule has 0 saturated carbocycles. The van der Waals surface area contributed by atoms with E-state index >= 15 is 0 Å². The van der Waals surface area contributed by atoms with Crippen LogP contribution in [0.2, 0.25) is 0 Å². The number of amides is 1. The van der Waals surface area contributed by atoms with E-state index in [-0.39, 0.29) is 10.5 Å². The van der Waals surface area contributed by atoms with Gasteiger partial charge in [-0.05, 0) is 24.3 Å². The zero-order chi connectivity index (χ0) is 12.4. The first-order valence-electron chi connectivity index (χ1n) is 5.61. The van der Waals surface area contributed by atoms with Gasteiger partial charge in [0.05, 0.1) is 5.69 Å². The van der Waals surface area contributed by atoms with E-state index in [9.17, 15) is 4.79 Å². The van der Waals surface area contributed by atoms with E-state index in [1.807, 2.05) is 54.6 Å². The summed E-state index contributed by atoms with van der Waals surface area (Å²) in [5, 5.41) is 2.95. The molecule has 1 heterocycles. The van der Waals surface area contributed by atoms with Gasteiger partial charge < -0.3 is 5.32 Å². The van der Waals surface area contributed by atoms with Crippen LogP contribution in [0.4, 0.5) is 5.69 Å². The smallest absolute Gasteiger partial charge is 0.248 e. The number of hydrogen-bond donors (Lipinski definition) is 1. The molecule has 2 nitrogen and oxygen atoms in total. The zero-order valence-electron chi connectivity index (χ0n) is 9.50. The molecule has 4 heteroatoms. The number of thioether (sulfide) groups is 2. The summed E-state index contributed by atoms with van der Waals surface area (Å²) in [6.07, 6.45) is 0. The molecule has 1 aliphatic rings. The fraction of sp³-hybridized carbons (Fsp3) is 0.0714. The highest BCUT2D eigenvalue weighted by atomic mass is 32.2. The van der Waals surface area contributed by atoms with Crippen LogP contribution in [0.25, 0.3) is 0 Å². The summed E-state index contributed by atoms with van der Waals surface area (Å²) in [6.45, 7) is 0. The molecule has 0 aliphatic carbocycles. The summed E-state index contributed by atoms with van der Waals surface area (Å²) in [4.78, 5) is 14.3. The molecule has 3 rings (SSSR count). The van der Waals surface area contributed by atoms with Crippen molar-refractivity contribution in [2.75, 3.05) is 5.32 Å². The Balaban J connectivity index is 1.81. The lowest BCUT2D eigenvalue weighted by molar-refractivity contribution is -0.114. The molecule has 0 saturated heterocycles. The van der Waals surface area contributed by atoms with Crippen LogP contribution >= 0.6 is 23.5 Å². The van der Waals surface area contributed by atoms with Crippen LogP contribution in [0.3, 0.4) is 0 Å². The number of nitrogens with one attached hydrogen (secondary N) is 1. The van der Waals surface area contributed by atoms with Crippen LogP contribution in [-0.2, 0) is 4.79 Å². The van der Waals surface area contributed by atoms with Gasteiger partial charge in [-0.3, -0.25) is 4.79 Å². The Morgan fingerprint density at radius 2 is 1.72 bits per heavy atom. The van der Waals surface area contributed by atoms with E-state index in [0.29, 0.717) is 0 Å². The largest absolute Gasteiger partial charge is 0.323 e. The summed E-state index contributed by atoms with van der Waals surface area (Å²) in [5.74, 6) is 0.0625. The van der Waals surface area contributed by atoms with Crippen LogP contribution in [0.5, 0.6) is 0 Å². The first kappa shape index (κ1) is 11.7. The lowest BCUT2D eigenvalue weighted by Gasteiger charge is -2.23. The third kappa shape index (κ3) is 2.40. The van der Waals surface area contributed by atoms with Crippen LogP contribution < -0.4 is 5.32 Å². The van der Waals surface area contributed by atoms with Gasteiger partial charge in [0.25, 0.3) is 0 Å². The molecule has 1 unspecified atom stereocenters. The molecule has 0 aromatic heterocycles. The molecule has 2 aromatic carbocycles. The number of benzene rings is 2. The Hall–Kier alpha value is -1.39. The lowest BCUT2D eigenvalue weighted by Crippen LogP contribution is -2.26. The average molecular weight is 273 g/mol. The predicted molar refractivity (Wildman–Crippen MR) is 77.0 cm³/mol. The Labute approximate surface area is 114 Å². The van der Waals surface area contributed by atoms with Crippen molar-refractivity contribution in [3.05, 3.63) is 54.6 Å². The summed E-state index contributed by atoms with van der Waals surface area (Å²) in [6, 6.07) is 17.9. The Morgan fingerprint density at radius 1 is 1.00 bits per heavy atom. The summed E-state index contributed by atoms with van der Waals surface area (Å²) in [5.41, 5.74) is 0.914. The molecule has 0 fully saturated rings. The highest BCUT2D eigenvalue weighted by molar-refractivity contribution is 8.18. The molecular formula is C14H11NOS2. The molecular weight excluding hydrogens is 262 g/mol. The molecule has 90 valence electrons. The molecule has 0 bridgehead atoms. The fourth-order valence-electron chi connectivity index (χ4n) is 1.73. The van der Waals surface area contributed by atoms with Gasteiger partial charge in [-0.15, -0.1) is 11.8 Å². The lowest BCUT2D eigenvalue weighted by atomic mass is 10.3. The van der Waals surface area contributed by atoms with Crippen LogP contribution in [0.1, 0.15) is 0 Å². The van der Waals surface area contributed by atoms with E-state index in [0.717, 1.165) is 15.5 Å². The molecule has 0 spiro atoms. The third-order valence-electron chi connectivity index (χ3n) is 2.58. The average Bonchev–Trinajstić information content (AvgIpc) is 2.41. The van der Waals surface area contributed by atoms with Crippen molar-refractivity contribution in [3.63, 3.8) is 0 Å². The van der Waals surface area contributed by atoms with Crippen molar-refractivity contribution in [2.24, 2.45) is 0 Å². The second kappa shape index (κ2) is 5.08. The molecule has 1 atom stereocenters. The van der Waals surface area contributed by atoms with Crippen LogP contribution in [-0.4, -0.2) is 10.5 Å². The number of rotatable bonds is 2. The van der Waals surface area contributed by atoms with Gasteiger partial charge in [0.15, 0.2) is 0 Å². The second-order valence-corrected chi connectivity index (χ2v) is 6.49. The molecule has 1 amide bonds. The zero-order valence-corrected chi connectivity index (χ0v) is 11.1. The Bertz CT molecular complexity index is 571. The van der Waals surface area contributed by atoms with Crippen molar-refractivity contribution < 1.29 is 4.79 Å². The van der Waals surface area contributed by atoms with E-state index in [2.05, 4.69) is 5.32 Å². The maximum absolute atomic E-state index is 12.0. The maximum atomic E-state index is 12.0. The molecule has 0 radical (unpaired) electrons. The summed E-state index contributed by atoms with van der Waals surface area (Å²) < 4.78 is -0.123. The van der Waals surface area contributed by atoms with Crippen molar-refractivity contribution in [1.82, 2.24) is 0 Å². The minimum Gasteiger partial charge on any atom is -0.323 e. The molecule has 1 N–H and O–H groups in total. The topological polar surface area (TPSA) is 29.1 Å². The fourth-order valence-corrected chi connectivity index (χ4v) is 4.10. The number of carbonyl (C=O) groups excluding carboxylic acids is 1. The third-order valence-corrected chi connectivity index (χ3v) is 5.17. The van der Waals surface area contributed by atoms with Gasteiger partial charge in [-0.2, -0.15) is 0 Å². The molecule has 1 aliphatic heterocycles. The minimum absolute atomic E-state index is 0.0625. The number of para-hydroxylation sites is 1. The van der Waals surface area contributed by atoms with Gasteiger partial charge in [0, 0.05) is 9.79 Å². The Morgan fingerprint density at radius 3 is 2.56 bits per heavy atom. The Kier molecular flexibility index (Phi) is 3.30. The summed E-state index contributed by atoms with van der Waals surface area (Å²) >= 11 is 3.20. The number of hydrogen-bond acceptors (Lipinski definition) is 3. The highest BCUT2D eigenvalue weighted by Crippen LogP contribution is 2.42. The van der Waals surface area contributed by atoms with Gasteiger partial charge in [-0.25, -0.2) is 0 Å². The normalized spacial score (nSPS) is 18.0. The van der Waals surface area contributed by atoms with E-state index < -0.39 is 0 Å². The summed E-state index contributed by atoms with van der Waals surface area (Å²) in [7, 11) is 0. The standard InChI is InChI=1S/C14H11NOS2/c16-13-14(17-10-6-2-1-3-7-10)18-12-9-5-4-8-11(12)15-13/h1-9,14H,(H,15,16). The van der Waals surface area contributed by atoms with Crippen molar-refractivity contribution >= 4 is 35.1 Å². The van der Waals surface area contributed by atoms with E-state index in [4.69, 9.17) is 0 Å². The first-order valence-corrected chi connectivity index (χ1v) is 7.37. The van der Waals surface area contributed by atoms with Gasteiger partial charge in [0.1, 0.15) is 4.58 Å². The van der Waals surface area contributed by atoms with Crippen molar-refractivity contribution in [2.45, 2.75) is 14.4 Å². The number of anilines is 1. The SMILES string of the molecule is O=C1Nc2ccccc2SC1Sc1ccccc1. The highest BCUT2D eigenvalue weighted by Gasteiger charge is 2.27. The van der Waals surface area contributed by atoms with E-state index in [1.54, 1.807) is 23.5 Å². The van der Waals surface area contributed by atoms with Gasteiger partial charge >= 0.3 is 0 Å². The van der Waals surface area contributed by atoms with Crippen LogP contribution in [0, 0.1) is 0 Å². The van der Waals surface area contributed by atoms with Crippen molar-refractivity contribution in [1.29, 1.82) is 0 Å². The van der Waals surface area contributed by atoms with E-state index in [1.165, 1.54) is 0 Å². The van der Waals surface area contributed by atoms with Gasteiger partial charge in [0.2, 0.25) is 5.91 Å². The second-order valence-electron chi connectivity index (χ2n) is 3.87. The van der Waals surface area contributed by atoms with Crippen LogP contribution in [0.15, 0.2) is 64.4 Å². The molecule has 18 heavy (non-hydrogen) atoms. The van der Waals surface area contributed by atoms with Crippen molar-refractivity contribution in [3.8, 4) is 0 Å². The maximum Gasteiger partial charge on any atom is 0.248 e. The minimum atomic E-state index is -0.123. The number of carbonyl (C=O) groups is 1. The van der Waals surface area contributed by atoms with Gasteiger partial charge in [-0.1, -0.05) is 42.1 Å². The number of fused-ring (bicyclic) bond motifs is 1. The predicted octanol–water partition coefficient (Wildman–Crippen LogP) is 3.85. The quantitative estimate of drug-likeness (QED) is 0.901. The monoisotopic (exact) mass is 273 g/mol. The molecule has 2 aromatic rings. The first-order chi connectivity index (χ1) is 8.83.